The first-order chi connectivity index (χ1) is 7.27. The van der Waals surface area contributed by atoms with Crippen LogP contribution < -0.4 is 4.74 Å². The van der Waals surface area contributed by atoms with Gasteiger partial charge in [0.25, 0.3) is 0 Å². The number of hydrogen-bond acceptors (Lipinski definition) is 5. The van der Waals surface area contributed by atoms with Gasteiger partial charge in [-0.1, -0.05) is 12.2 Å². The van der Waals surface area contributed by atoms with Gasteiger partial charge in [0.2, 0.25) is 5.88 Å². The summed E-state index contributed by atoms with van der Waals surface area (Å²) in [5.41, 5.74) is 0.135. The van der Waals surface area contributed by atoms with Gasteiger partial charge in [0.05, 0.1) is 19.5 Å². The molecule has 0 unspecified atom stereocenters. The largest absolute Gasteiger partial charge is 0.472 e. The van der Waals surface area contributed by atoms with E-state index in [1.165, 1.54) is 19.5 Å². The van der Waals surface area contributed by atoms with Gasteiger partial charge in [-0.15, -0.1) is 0 Å². The molecular formula is C10H12N2O3. The van der Waals surface area contributed by atoms with Gasteiger partial charge < -0.3 is 9.47 Å². The summed E-state index contributed by atoms with van der Waals surface area (Å²) in [6, 6.07) is 0. The maximum Gasteiger partial charge on any atom is 0.358 e. The number of allylic oxidation sites excluding steroid dienone is 1. The number of ether oxygens (including phenoxy) is 2. The summed E-state index contributed by atoms with van der Waals surface area (Å²) in [7, 11) is 1.29. The molecule has 0 aliphatic heterocycles. The Labute approximate surface area is 87.8 Å². The van der Waals surface area contributed by atoms with Crippen molar-refractivity contribution in [3.05, 3.63) is 30.2 Å². The first-order valence-electron chi connectivity index (χ1n) is 4.42. The van der Waals surface area contributed by atoms with E-state index in [9.17, 15) is 4.79 Å². The van der Waals surface area contributed by atoms with E-state index in [0.29, 0.717) is 12.5 Å². The van der Waals surface area contributed by atoms with E-state index >= 15 is 0 Å². The van der Waals surface area contributed by atoms with Crippen LogP contribution in [-0.2, 0) is 4.74 Å². The van der Waals surface area contributed by atoms with Crippen LogP contribution in [0, 0.1) is 0 Å². The molecule has 1 heterocycles. The molecule has 0 N–H and O–H groups in total. The van der Waals surface area contributed by atoms with E-state index in [1.807, 2.05) is 19.1 Å². The highest BCUT2D eigenvalue weighted by atomic mass is 16.5. The second-order valence-corrected chi connectivity index (χ2v) is 2.61. The Hall–Kier alpha value is -1.91. The maximum atomic E-state index is 11.1. The number of esters is 1. The number of carbonyl (C=O) groups is 1. The van der Waals surface area contributed by atoms with Crippen molar-refractivity contribution in [2.75, 3.05) is 13.7 Å². The molecule has 0 spiro atoms. The number of methoxy groups -OCH3 is 1. The lowest BCUT2D eigenvalue weighted by Crippen LogP contribution is -2.06. The van der Waals surface area contributed by atoms with Gasteiger partial charge in [0.1, 0.15) is 6.61 Å². The fourth-order valence-corrected chi connectivity index (χ4v) is 0.850. The van der Waals surface area contributed by atoms with E-state index in [2.05, 4.69) is 14.7 Å². The molecule has 80 valence electrons. The average Bonchev–Trinajstić information content (AvgIpc) is 2.29. The Morgan fingerprint density at radius 2 is 2.33 bits per heavy atom. The van der Waals surface area contributed by atoms with Gasteiger partial charge in [-0.3, -0.25) is 4.98 Å². The van der Waals surface area contributed by atoms with E-state index in [4.69, 9.17) is 4.74 Å². The van der Waals surface area contributed by atoms with E-state index < -0.39 is 5.97 Å². The molecule has 0 amide bonds. The number of rotatable bonds is 4. The van der Waals surface area contributed by atoms with E-state index in [-0.39, 0.29) is 5.69 Å². The molecule has 0 aromatic carbocycles. The molecule has 5 nitrogen and oxygen atoms in total. The number of nitrogens with zero attached hydrogens (tertiary/aromatic N) is 2. The number of aromatic nitrogens is 2. The molecule has 0 aliphatic rings. The first-order valence-corrected chi connectivity index (χ1v) is 4.42. The summed E-state index contributed by atoms with van der Waals surface area (Å²) in [6.45, 7) is 2.29. The van der Waals surface area contributed by atoms with Crippen molar-refractivity contribution in [2.24, 2.45) is 0 Å². The van der Waals surface area contributed by atoms with Gasteiger partial charge in [-0.2, -0.15) is 0 Å². The van der Waals surface area contributed by atoms with Crippen molar-refractivity contribution in [3.63, 3.8) is 0 Å². The standard InChI is InChI=1S/C10H12N2O3/c1-3-4-5-15-9-7-11-6-8(12-9)10(13)14-2/h3-4,6-7H,5H2,1-2H3. The van der Waals surface area contributed by atoms with Crippen LogP contribution in [0.3, 0.4) is 0 Å². The Kier molecular flexibility index (Phi) is 4.28. The third kappa shape index (κ3) is 3.38. The highest BCUT2D eigenvalue weighted by Gasteiger charge is 2.08. The smallest absolute Gasteiger partial charge is 0.358 e. The van der Waals surface area contributed by atoms with E-state index in [1.54, 1.807) is 0 Å². The molecular weight excluding hydrogens is 196 g/mol. The fourth-order valence-electron chi connectivity index (χ4n) is 0.850. The third-order valence-corrected chi connectivity index (χ3v) is 1.57. The highest BCUT2D eigenvalue weighted by Crippen LogP contribution is 2.05. The third-order valence-electron chi connectivity index (χ3n) is 1.57. The molecule has 0 saturated carbocycles. The molecule has 0 aliphatic carbocycles. The first kappa shape index (κ1) is 11.2. The van der Waals surface area contributed by atoms with Crippen molar-refractivity contribution in [1.29, 1.82) is 0 Å². The van der Waals surface area contributed by atoms with Gasteiger partial charge in [-0.05, 0) is 6.92 Å². The average molecular weight is 208 g/mol. The minimum Gasteiger partial charge on any atom is -0.472 e. The Bertz CT molecular complexity index is 363. The van der Waals surface area contributed by atoms with Crippen LogP contribution in [0.2, 0.25) is 0 Å². The second kappa shape index (κ2) is 5.74. The van der Waals surface area contributed by atoms with Crippen LogP contribution >= 0.6 is 0 Å². The van der Waals surface area contributed by atoms with Crippen molar-refractivity contribution < 1.29 is 14.3 Å². The van der Waals surface area contributed by atoms with Gasteiger partial charge >= 0.3 is 5.97 Å². The molecule has 1 rings (SSSR count). The molecule has 0 bridgehead atoms. The van der Waals surface area contributed by atoms with Crippen LogP contribution in [0.15, 0.2) is 24.5 Å². The normalized spacial score (nSPS) is 10.3. The highest BCUT2D eigenvalue weighted by molar-refractivity contribution is 5.86. The molecule has 1 aromatic rings. The predicted molar refractivity (Wildman–Crippen MR) is 53.7 cm³/mol. The van der Waals surface area contributed by atoms with Gasteiger partial charge in [-0.25, -0.2) is 9.78 Å². The van der Waals surface area contributed by atoms with Crippen LogP contribution in [0.5, 0.6) is 5.88 Å². The summed E-state index contributed by atoms with van der Waals surface area (Å²) < 4.78 is 9.72. The molecule has 0 saturated heterocycles. The van der Waals surface area contributed by atoms with Crippen molar-refractivity contribution in [2.45, 2.75) is 6.92 Å². The Balaban J connectivity index is 2.69. The monoisotopic (exact) mass is 208 g/mol. The van der Waals surface area contributed by atoms with Crippen LogP contribution in [-0.4, -0.2) is 29.7 Å². The fraction of sp³-hybridized carbons (Fsp3) is 0.300. The zero-order valence-electron chi connectivity index (χ0n) is 8.64. The lowest BCUT2D eigenvalue weighted by atomic mass is 10.4. The van der Waals surface area contributed by atoms with Gasteiger partial charge in [0, 0.05) is 0 Å². The van der Waals surface area contributed by atoms with Crippen molar-refractivity contribution >= 4 is 5.97 Å². The Morgan fingerprint density at radius 3 is 3.00 bits per heavy atom. The topological polar surface area (TPSA) is 61.3 Å². The quantitative estimate of drug-likeness (QED) is 0.550. The predicted octanol–water partition coefficient (Wildman–Crippen LogP) is 1.22. The van der Waals surface area contributed by atoms with Gasteiger partial charge in [0.15, 0.2) is 5.69 Å². The molecule has 5 heteroatoms. The minimum atomic E-state index is -0.529. The molecule has 15 heavy (non-hydrogen) atoms. The van der Waals surface area contributed by atoms with Crippen LogP contribution in [0.1, 0.15) is 17.4 Å². The lowest BCUT2D eigenvalue weighted by molar-refractivity contribution is 0.0592. The summed E-state index contributed by atoms with van der Waals surface area (Å²) in [5, 5.41) is 0. The summed E-state index contributed by atoms with van der Waals surface area (Å²) in [6.07, 6.45) is 6.45. The number of hydrogen-bond donors (Lipinski definition) is 0. The lowest BCUT2D eigenvalue weighted by Gasteiger charge is -2.02. The molecule has 0 radical (unpaired) electrons. The Morgan fingerprint density at radius 1 is 1.53 bits per heavy atom. The SMILES string of the molecule is CC=CCOc1cncc(C(=O)OC)n1. The zero-order chi connectivity index (χ0) is 11.1. The maximum absolute atomic E-state index is 11.1. The van der Waals surface area contributed by atoms with Crippen LogP contribution in [0.25, 0.3) is 0 Å². The summed E-state index contributed by atoms with van der Waals surface area (Å²) in [4.78, 5) is 18.8. The second-order valence-electron chi connectivity index (χ2n) is 2.61. The number of carbonyl (C=O) groups excluding carboxylic acids is 1. The summed E-state index contributed by atoms with van der Waals surface area (Å²) >= 11 is 0. The molecule has 0 atom stereocenters. The summed E-state index contributed by atoms with van der Waals surface area (Å²) in [5.74, 6) is -0.227. The van der Waals surface area contributed by atoms with Crippen molar-refractivity contribution in [1.82, 2.24) is 9.97 Å². The van der Waals surface area contributed by atoms with Crippen molar-refractivity contribution in [3.8, 4) is 5.88 Å². The van der Waals surface area contributed by atoms with Crippen LogP contribution in [0.4, 0.5) is 0 Å². The minimum absolute atomic E-state index is 0.135. The molecule has 0 fully saturated rings. The van der Waals surface area contributed by atoms with E-state index in [0.717, 1.165) is 0 Å². The molecule has 1 aromatic heterocycles. The zero-order valence-corrected chi connectivity index (χ0v) is 8.64.